The molecule has 24 heavy (non-hydrogen) atoms. The van der Waals surface area contributed by atoms with Crippen LogP contribution in [0.3, 0.4) is 0 Å². The summed E-state index contributed by atoms with van der Waals surface area (Å²) in [6, 6.07) is 0.251. The van der Waals surface area contributed by atoms with Crippen molar-refractivity contribution in [2.45, 2.75) is 43.8 Å². The number of hydrogen-bond acceptors (Lipinski definition) is 3. The SMILES string of the molecule is C1#CC(N=NC2C=CCCC2)C=CC(NC=NC2C=CC=CC2)=C1. The molecule has 0 aromatic heterocycles. The average molecular weight is 318 g/mol. The zero-order valence-corrected chi connectivity index (χ0v) is 13.7. The normalized spacial score (nSPS) is 28.7. The Morgan fingerprint density at radius 3 is 2.92 bits per heavy atom. The summed E-state index contributed by atoms with van der Waals surface area (Å²) in [7, 11) is 0. The molecule has 0 saturated heterocycles. The molecule has 3 aliphatic rings. The fourth-order valence-corrected chi connectivity index (χ4v) is 2.59. The molecule has 0 radical (unpaired) electrons. The maximum absolute atomic E-state index is 4.48. The van der Waals surface area contributed by atoms with Crippen LogP contribution in [0.5, 0.6) is 0 Å². The standard InChI is InChI=1S/C20H22N4/c1-3-8-17(9-4-1)21-16-22-18-12-7-13-20(15-14-18)24-23-19-10-5-2-6-11-19/h1,3-5,8,10,12,14-17,19-20H,2,6,9,11H2,(H,21,22). The van der Waals surface area contributed by atoms with Gasteiger partial charge in [0.1, 0.15) is 6.04 Å². The predicted molar refractivity (Wildman–Crippen MR) is 98.7 cm³/mol. The summed E-state index contributed by atoms with van der Waals surface area (Å²) in [5.74, 6) is 6.12. The van der Waals surface area contributed by atoms with Gasteiger partial charge in [-0.2, -0.15) is 10.2 Å². The molecule has 0 bridgehead atoms. The highest BCUT2D eigenvalue weighted by molar-refractivity contribution is 5.60. The van der Waals surface area contributed by atoms with E-state index in [1.165, 1.54) is 6.42 Å². The third kappa shape index (κ3) is 5.20. The molecule has 0 spiro atoms. The van der Waals surface area contributed by atoms with Crippen molar-refractivity contribution in [3.8, 4) is 11.8 Å². The molecule has 1 N–H and O–H groups in total. The smallest absolute Gasteiger partial charge is 0.150 e. The van der Waals surface area contributed by atoms with Crippen LogP contribution in [0.15, 0.2) is 75.6 Å². The Hall–Kier alpha value is -2.67. The first-order valence-corrected chi connectivity index (χ1v) is 8.48. The molecule has 0 aliphatic heterocycles. The number of azo groups is 1. The van der Waals surface area contributed by atoms with Gasteiger partial charge in [-0.05, 0) is 37.8 Å². The zero-order valence-electron chi connectivity index (χ0n) is 13.7. The molecule has 0 fully saturated rings. The highest BCUT2D eigenvalue weighted by atomic mass is 15.1. The number of allylic oxidation sites excluding steroid dienone is 5. The van der Waals surface area contributed by atoms with E-state index in [1.807, 2.05) is 30.4 Å². The van der Waals surface area contributed by atoms with Gasteiger partial charge >= 0.3 is 0 Å². The molecule has 0 saturated carbocycles. The van der Waals surface area contributed by atoms with E-state index in [-0.39, 0.29) is 18.1 Å². The van der Waals surface area contributed by atoms with Gasteiger partial charge in [-0.3, -0.25) is 4.99 Å². The van der Waals surface area contributed by atoms with Crippen molar-refractivity contribution in [1.29, 1.82) is 0 Å². The second kappa shape index (κ2) is 8.83. The molecule has 0 heterocycles. The van der Waals surface area contributed by atoms with Gasteiger partial charge in [0.15, 0.2) is 0 Å². The highest BCUT2D eigenvalue weighted by Crippen LogP contribution is 2.14. The Morgan fingerprint density at radius 2 is 2.08 bits per heavy atom. The van der Waals surface area contributed by atoms with E-state index in [0.717, 1.165) is 25.0 Å². The molecule has 4 heteroatoms. The Labute approximate surface area is 143 Å². The summed E-state index contributed by atoms with van der Waals surface area (Å²) in [6.45, 7) is 0. The van der Waals surface area contributed by atoms with Crippen molar-refractivity contribution in [3.05, 3.63) is 60.4 Å². The van der Waals surface area contributed by atoms with Crippen molar-refractivity contribution in [2.75, 3.05) is 0 Å². The molecule has 3 unspecified atom stereocenters. The van der Waals surface area contributed by atoms with Crippen molar-refractivity contribution in [2.24, 2.45) is 15.2 Å². The van der Waals surface area contributed by atoms with Crippen molar-refractivity contribution in [1.82, 2.24) is 5.32 Å². The summed E-state index contributed by atoms with van der Waals surface area (Å²) in [4.78, 5) is 4.48. The van der Waals surface area contributed by atoms with E-state index in [9.17, 15) is 0 Å². The van der Waals surface area contributed by atoms with Crippen LogP contribution in [0, 0.1) is 11.8 Å². The largest absolute Gasteiger partial charge is 0.346 e. The van der Waals surface area contributed by atoms with E-state index >= 15 is 0 Å². The number of nitrogens with one attached hydrogen (secondary N) is 1. The fourth-order valence-electron chi connectivity index (χ4n) is 2.59. The Kier molecular flexibility index (Phi) is 5.96. The second-order valence-corrected chi connectivity index (χ2v) is 5.89. The van der Waals surface area contributed by atoms with E-state index in [4.69, 9.17) is 0 Å². The summed E-state index contributed by atoms with van der Waals surface area (Å²) >= 11 is 0. The lowest BCUT2D eigenvalue weighted by Crippen LogP contribution is -2.12. The van der Waals surface area contributed by atoms with Gasteiger partial charge in [-0.25, -0.2) is 0 Å². The first-order chi connectivity index (χ1) is 11.9. The van der Waals surface area contributed by atoms with Crippen molar-refractivity contribution in [3.63, 3.8) is 0 Å². The van der Waals surface area contributed by atoms with Crippen molar-refractivity contribution >= 4 is 6.34 Å². The number of nitrogens with zero attached hydrogens (tertiary/aromatic N) is 3. The summed E-state index contributed by atoms with van der Waals surface area (Å²) in [6.07, 6.45) is 24.5. The van der Waals surface area contributed by atoms with E-state index in [1.54, 1.807) is 6.34 Å². The van der Waals surface area contributed by atoms with Gasteiger partial charge in [0, 0.05) is 11.8 Å². The highest BCUT2D eigenvalue weighted by Gasteiger charge is 2.07. The Morgan fingerprint density at radius 1 is 1.08 bits per heavy atom. The minimum atomic E-state index is -0.181. The number of rotatable bonds is 5. The van der Waals surface area contributed by atoms with Crippen LogP contribution in [0.4, 0.5) is 0 Å². The molecule has 3 atom stereocenters. The molecule has 3 rings (SSSR count). The lowest BCUT2D eigenvalue weighted by atomic mass is 10.0. The lowest BCUT2D eigenvalue weighted by molar-refractivity contribution is 0.613. The van der Waals surface area contributed by atoms with Crippen LogP contribution in [0.2, 0.25) is 0 Å². The van der Waals surface area contributed by atoms with Crippen LogP contribution in [-0.2, 0) is 0 Å². The Bertz CT molecular complexity index is 695. The fraction of sp³-hybridized carbons (Fsp3) is 0.350. The lowest BCUT2D eigenvalue weighted by Gasteiger charge is -2.10. The molecule has 3 aliphatic carbocycles. The molecule has 122 valence electrons. The van der Waals surface area contributed by atoms with E-state index in [2.05, 4.69) is 56.7 Å². The topological polar surface area (TPSA) is 49.1 Å². The van der Waals surface area contributed by atoms with Gasteiger partial charge < -0.3 is 5.32 Å². The number of hydrogen-bond donors (Lipinski definition) is 1. The summed E-state index contributed by atoms with van der Waals surface area (Å²) in [5.41, 5.74) is 0.914. The van der Waals surface area contributed by atoms with Gasteiger partial charge in [0.25, 0.3) is 0 Å². The van der Waals surface area contributed by atoms with Crippen LogP contribution >= 0.6 is 0 Å². The van der Waals surface area contributed by atoms with Gasteiger partial charge in [0.05, 0.1) is 18.4 Å². The van der Waals surface area contributed by atoms with Gasteiger partial charge in [-0.15, -0.1) is 0 Å². The van der Waals surface area contributed by atoms with E-state index < -0.39 is 0 Å². The maximum Gasteiger partial charge on any atom is 0.150 e. The molecule has 0 aromatic carbocycles. The summed E-state index contributed by atoms with van der Waals surface area (Å²) in [5, 5.41) is 11.9. The van der Waals surface area contributed by atoms with Gasteiger partial charge in [0.2, 0.25) is 0 Å². The van der Waals surface area contributed by atoms with E-state index in [0.29, 0.717) is 0 Å². The first kappa shape index (κ1) is 16.2. The zero-order chi connectivity index (χ0) is 16.5. The average Bonchev–Trinajstić information content (AvgIpc) is 2.87. The van der Waals surface area contributed by atoms with Crippen molar-refractivity contribution < 1.29 is 0 Å². The monoisotopic (exact) mass is 318 g/mol. The minimum absolute atomic E-state index is 0.181. The van der Waals surface area contributed by atoms with Crippen LogP contribution < -0.4 is 5.32 Å². The summed E-state index contributed by atoms with van der Waals surface area (Å²) < 4.78 is 0. The number of aliphatic imine (C=N–C) groups is 1. The van der Waals surface area contributed by atoms with Crippen LogP contribution in [0.1, 0.15) is 25.7 Å². The van der Waals surface area contributed by atoms with Crippen LogP contribution in [0.25, 0.3) is 0 Å². The first-order valence-electron chi connectivity index (χ1n) is 8.48. The molecular formula is C20H22N4. The minimum Gasteiger partial charge on any atom is -0.346 e. The Balaban J connectivity index is 1.50. The van der Waals surface area contributed by atoms with Gasteiger partial charge in [-0.1, -0.05) is 48.3 Å². The van der Waals surface area contributed by atoms with Crippen LogP contribution in [-0.4, -0.2) is 24.5 Å². The quantitative estimate of drug-likeness (QED) is 0.270. The predicted octanol–water partition coefficient (Wildman–Crippen LogP) is 3.88. The molecule has 4 nitrogen and oxygen atoms in total. The second-order valence-electron chi connectivity index (χ2n) is 5.89. The maximum atomic E-state index is 4.48. The molecular weight excluding hydrogens is 296 g/mol. The third-order valence-electron chi connectivity index (χ3n) is 3.94. The molecule has 0 amide bonds. The molecule has 0 aromatic rings. The third-order valence-corrected chi connectivity index (χ3v) is 3.94.